The van der Waals surface area contributed by atoms with Gasteiger partial charge in [0.25, 0.3) is 0 Å². The molecule has 0 aliphatic carbocycles. The van der Waals surface area contributed by atoms with Gasteiger partial charge in [0.15, 0.2) is 6.29 Å². The lowest BCUT2D eigenvalue weighted by Gasteiger charge is -2.27. The van der Waals surface area contributed by atoms with Crippen LogP contribution in [-0.2, 0) is 31.5 Å². The van der Waals surface area contributed by atoms with Crippen molar-refractivity contribution in [3.8, 4) is 0 Å². The van der Waals surface area contributed by atoms with E-state index in [0.29, 0.717) is 17.7 Å². The first-order valence-corrected chi connectivity index (χ1v) is 9.70. The number of ketones is 1. The molecule has 5 heteroatoms. The molecule has 26 heavy (non-hydrogen) atoms. The van der Waals surface area contributed by atoms with Crippen molar-refractivity contribution in [2.45, 2.75) is 37.1 Å². The molecule has 3 rings (SSSR count). The van der Waals surface area contributed by atoms with Crippen LogP contribution in [0.5, 0.6) is 0 Å². The van der Waals surface area contributed by atoms with Crippen molar-refractivity contribution in [3.05, 3.63) is 76.7 Å². The molecule has 0 N–H and O–H groups in total. The van der Waals surface area contributed by atoms with Crippen LogP contribution in [0.25, 0.3) is 0 Å². The summed E-state index contributed by atoms with van der Waals surface area (Å²) in [6.45, 7) is 1.96. The van der Waals surface area contributed by atoms with Gasteiger partial charge in [-0.1, -0.05) is 48.0 Å². The van der Waals surface area contributed by atoms with E-state index in [1.165, 1.54) is 13.2 Å². The Morgan fingerprint density at radius 1 is 1.08 bits per heavy atom. The van der Waals surface area contributed by atoms with E-state index in [9.17, 15) is 9.00 Å². The number of ether oxygens (including phenoxy) is 2. The molecule has 1 heterocycles. The maximum absolute atomic E-state index is 12.9. The third-order valence-electron chi connectivity index (χ3n) is 4.33. The normalized spacial score (nSPS) is 21.3. The fraction of sp³-hybridized carbons (Fsp3) is 0.286. The number of hydrogen-bond acceptors (Lipinski definition) is 4. The lowest BCUT2D eigenvalue weighted by atomic mass is 10.0. The van der Waals surface area contributed by atoms with Gasteiger partial charge in [0.2, 0.25) is 5.78 Å². The molecule has 2 aromatic rings. The highest BCUT2D eigenvalue weighted by Gasteiger charge is 2.34. The Labute approximate surface area is 156 Å². The summed E-state index contributed by atoms with van der Waals surface area (Å²) in [5, 5.41) is 0. The summed E-state index contributed by atoms with van der Waals surface area (Å²) in [7, 11) is -0.0362. The minimum absolute atomic E-state index is 0.229. The molecule has 136 valence electrons. The molecule has 0 amide bonds. The minimum Gasteiger partial charge on any atom is -0.352 e. The van der Waals surface area contributed by atoms with Gasteiger partial charge in [-0.2, -0.15) is 0 Å². The van der Waals surface area contributed by atoms with Crippen LogP contribution in [0.3, 0.4) is 0 Å². The smallest absolute Gasteiger partial charge is 0.200 e. The van der Waals surface area contributed by atoms with Crippen LogP contribution >= 0.6 is 0 Å². The van der Waals surface area contributed by atoms with Crippen molar-refractivity contribution >= 4 is 16.6 Å². The number of hydrogen-bond donors (Lipinski definition) is 0. The highest BCUT2D eigenvalue weighted by molar-refractivity contribution is 7.90. The molecule has 2 aromatic carbocycles. The van der Waals surface area contributed by atoms with Crippen LogP contribution in [0.15, 0.2) is 70.5 Å². The lowest BCUT2D eigenvalue weighted by molar-refractivity contribution is -0.156. The molecule has 0 spiro atoms. The molecule has 1 aliphatic heterocycles. The fourth-order valence-corrected chi connectivity index (χ4v) is 4.02. The Morgan fingerprint density at radius 3 is 2.42 bits per heavy atom. The number of benzene rings is 2. The van der Waals surface area contributed by atoms with Crippen LogP contribution in [-0.4, -0.2) is 29.5 Å². The Balaban J connectivity index is 1.78. The number of carbonyl (C=O) groups is 1. The van der Waals surface area contributed by atoms with Gasteiger partial charge in [-0.15, -0.1) is 0 Å². The SMILES string of the molecule is COC1C=C(S(=O)c2ccc(C)cc2)C(=O)[C@H](CCc2ccccc2)O1. The van der Waals surface area contributed by atoms with Crippen LogP contribution in [0, 0.1) is 6.92 Å². The fourth-order valence-electron chi connectivity index (χ4n) is 2.83. The summed E-state index contributed by atoms with van der Waals surface area (Å²) >= 11 is 0. The van der Waals surface area contributed by atoms with E-state index in [2.05, 4.69) is 0 Å². The monoisotopic (exact) mass is 370 g/mol. The van der Waals surface area contributed by atoms with Gasteiger partial charge < -0.3 is 9.47 Å². The van der Waals surface area contributed by atoms with Gasteiger partial charge in [0, 0.05) is 12.0 Å². The molecule has 2 unspecified atom stereocenters. The summed E-state index contributed by atoms with van der Waals surface area (Å²) in [5.74, 6) is -0.229. The third kappa shape index (κ3) is 4.36. The standard InChI is InChI=1S/C21H22O4S/c1-15-8-11-17(12-9-15)26(23)19-14-20(24-2)25-18(21(19)22)13-10-16-6-4-3-5-7-16/h3-9,11-12,14,18,20H,10,13H2,1-2H3/t18-,20?,26?/m0/s1. The van der Waals surface area contributed by atoms with Crippen LogP contribution in [0.2, 0.25) is 0 Å². The van der Waals surface area contributed by atoms with Crippen molar-refractivity contribution in [2.24, 2.45) is 0 Å². The minimum atomic E-state index is -1.55. The van der Waals surface area contributed by atoms with Crippen molar-refractivity contribution in [2.75, 3.05) is 7.11 Å². The van der Waals surface area contributed by atoms with E-state index in [0.717, 1.165) is 11.1 Å². The largest absolute Gasteiger partial charge is 0.352 e. The summed E-state index contributed by atoms with van der Waals surface area (Å²) < 4.78 is 23.9. The van der Waals surface area contributed by atoms with E-state index >= 15 is 0 Å². The molecule has 0 aromatic heterocycles. The second-order valence-electron chi connectivity index (χ2n) is 6.23. The molecule has 0 radical (unpaired) electrons. The summed E-state index contributed by atoms with van der Waals surface area (Å²) in [6.07, 6.45) is 1.42. The quantitative estimate of drug-likeness (QED) is 0.780. The second-order valence-corrected chi connectivity index (χ2v) is 7.68. The van der Waals surface area contributed by atoms with Gasteiger partial charge in [-0.3, -0.25) is 4.79 Å². The average Bonchev–Trinajstić information content (AvgIpc) is 2.68. The predicted molar refractivity (Wildman–Crippen MR) is 101 cm³/mol. The van der Waals surface area contributed by atoms with E-state index < -0.39 is 23.2 Å². The Morgan fingerprint density at radius 2 is 1.77 bits per heavy atom. The maximum Gasteiger partial charge on any atom is 0.200 e. The second kappa shape index (κ2) is 8.54. The Kier molecular flexibility index (Phi) is 6.14. The van der Waals surface area contributed by atoms with Crippen LogP contribution in [0.4, 0.5) is 0 Å². The highest BCUT2D eigenvalue weighted by atomic mass is 32.2. The highest BCUT2D eigenvalue weighted by Crippen LogP contribution is 2.26. The molecule has 0 fully saturated rings. The van der Waals surface area contributed by atoms with E-state index in [4.69, 9.17) is 9.47 Å². The zero-order chi connectivity index (χ0) is 18.5. The average molecular weight is 370 g/mol. The lowest BCUT2D eigenvalue weighted by Crippen LogP contribution is -2.37. The molecule has 0 bridgehead atoms. The third-order valence-corrected chi connectivity index (χ3v) is 5.76. The predicted octanol–water partition coefficient (Wildman–Crippen LogP) is 3.56. The first kappa shape index (κ1) is 18.7. The molecule has 0 saturated carbocycles. The van der Waals surface area contributed by atoms with Crippen molar-refractivity contribution in [1.82, 2.24) is 0 Å². The summed E-state index contributed by atoms with van der Waals surface area (Å²) in [5.41, 5.74) is 2.21. The first-order chi connectivity index (χ1) is 12.6. The van der Waals surface area contributed by atoms with Gasteiger partial charge >= 0.3 is 0 Å². The maximum atomic E-state index is 12.9. The Hall–Kier alpha value is -2.08. The number of methoxy groups -OCH3 is 1. The molecule has 4 nitrogen and oxygen atoms in total. The molecular formula is C21H22O4S. The van der Waals surface area contributed by atoms with Crippen molar-refractivity contribution in [1.29, 1.82) is 0 Å². The molecule has 1 aliphatic rings. The van der Waals surface area contributed by atoms with E-state index in [1.54, 1.807) is 12.1 Å². The number of aryl methyl sites for hydroxylation is 2. The number of rotatable bonds is 6. The molecular weight excluding hydrogens is 348 g/mol. The number of Topliss-reactive ketones (excluding diaryl/α,β-unsaturated/α-hetero) is 1. The first-order valence-electron chi connectivity index (χ1n) is 8.55. The van der Waals surface area contributed by atoms with E-state index in [-0.39, 0.29) is 10.7 Å². The van der Waals surface area contributed by atoms with Crippen molar-refractivity contribution < 1.29 is 18.5 Å². The number of carbonyl (C=O) groups excluding carboxylic acids is 1. The van der Waals surface area contributed by atoms with E-state index in [1.807, 2.05) is 49.4 Å². The zero-order valence-corrected chi connectivity index (χ0v) is 15.7. The van der Waals surface area contributed by atoms with Gasteiger partial charge in [-0.05, 0) is 43.5 Å². The van der Waals surface area contributed by atoms with Gasteiger partial charge in [-0.25, -0.2) is 4.21 Å². The summed E-state index contributed by atoms with van der Waals surface area (Å²) in [4.78, 5) is 13.7. The molecule has 0 saturated heterocycles. The molecule has 3 atom stereocenters. The van der Waals surface area contributed by atoms with Gasteiger partial charge in [0.05, 0.1) is 15.7 Å². The zero-order valence-electron chi connectivity index (χ0n) is 14.9. The Bertz CT molecular complexity index is 812. The van der Waals surface area contributed by atoms with Gasteiger partial charge in [0.1, 0.15) is 6.10 Å². The van der Waals surface area contributed by atoms with Crippen LogP contribution < -0.4 is 0 Å². The van der Waals surface area contributed by atoms with Crippen molar-refractivity contribution in [3.63, 3.8) is 0 Å². The topological polar surface area (TPSA) is 52.6 Å². The van der Waals surface area contributed by atoms with Crippen LogP contribution in [0.1, 0.15) is 17.5 Å². The summed E-state index contributed by atoms with van der Waals surface area (Å²) in [6, 6.07) is 17.3.